The van der Waals surface area contributed by atoms with Crippen LogP contribution in [0.4, 0.5) is 5.13 Å². The van der Waals surface area contributed by atoms with Crippen LogP contribution in [-0.2, 0) is 6.42 Å². The van der Waals surface area contributed by atoms with Crippen molar-refractivity contribution >= 4 is 22.4 Å². The van der Waals surface area contributed by atoms with Crippen LogP contribution >= 0.6 is 11.3 Å². The summed E-state index contributed by atoms with van der Waals surface area (Å²) in [6.07, 6.45) is 2.30. The van der Waals surface area contributed by atoms with Gasteiger partial charge < -0.3 is 14.2 Å². The van der Waals surface area contributed by atoms with E-state index in [0.717, 1.165) is 27.6 Å². The van der Waals surface area contributed by atoms with Gasteiger partial charge in [0.2, 0.25) is 12.7 Å². The number of aromatic nitrogens is 2. The minimum Gasteiger partial charge on any atom is -0.477 e. The molecule has 3 aromatic rings. The molecule has 4 rings (SSSR count). The summed E-state index contributed by atoms with van der Waals surface area (Å²) in [4.78, 5) is 22.3. The number of thiazole rings is 1. The van der Waals surface area contributed by atoms with Gasteiger partial charge >= 0.3 is 0 Å². The minimum absolute atomic E-state index is 0.257. The van der Waals surface area contributed by atoms with Gasteiger partial charge in [0, 0.05) is 17.5 Å². The van der Waals surface area contributed by atoms with E-state index in [4.69, 9.17) is 14.2 Å². The molecule has 1 aliphatic heterocycles. The van der Waals surface area contributed by atoms with Crippen LogP contribution in [0.1, 0.15) is 33.4 Å². The average Bonchev–Trinajstić information content (AvgIpc) is 3.28. The van der Waals surface area contributed by atoms with E-state index in [0.29, 0.717) is 29.6 Å². The van der Waals surface area contributed by atoms with Crippen molar-refractivity contribution in [2.45, 2.75) is 20.3 Å². The quantitative estimate of drug-likeness (QED) is 0.681. The minimum atomic E-state index is -0.292. The summed E-state index contributed by atoms with van der Waals surface area (Å²) in [5.74, 6) is 1.55. The number of nitrogens with one attached hydrogen (secondary N) is 1. The number of amides is 1. The number of rotatable bonds is 6. The maximum absolute atomic E-state index is 12.6. The molecule has 144 valence electrons. The van der Waals surface area contributed by atoms with Crippen LogP contribution in [0, 0.1) is 6.92 Å². The molecule has 1 N–H and O–H groups in total. The first kappa shape index (κ1) is 18.2. The number of carbonyl (C=O) groups is 1. The number of ether oxygens (including phenoxy) is 3. The zero-order valence-electron chi connectivity index (χ0n) is 15.5. The summed E-state index contributed by atoms with van der Waals surface area (Å²) < 4.78 is 16.2. The molecule has 0 spiro atoms. The van der Waals surface area contributed by atoms with Gasteiger partial charge in [-0.3, -0.25) is 10.1 Å². The number of carbonyl (C=O) groups excluding carboxylic acids is 1. The highest BCUT2D eigenvalue weighted by atomic mass is 32.1. The molecular weight excluding hydrogens is 378 g/mol. The zero-order valence-corrected chi connectivity index (χ0v) is 16.3. The predicted octanol–water partition coefficient (Wildman–Crippen LogP) is 3.82. The summed E-state index contributed by atoms with van der Waals surface area (Å²) >= 11 is 1.45. The monoisotopic (exact) mass is 397 g/mol. The Bertz CT molecular complexity index is 1020. The first-order valence-corrected chi connectivity index (χ1v) is 9.69. The van der Waals surface area contributed by atoms with Crippen LogP contribution in [0.2, 0.25) is 0 Å². The summed E-state index contributed by atoms with van der Waals surface area (Å²) in [7, 11) is 0. The maximum Gasteiger partial charge on any atom is 0.262 e. The molecule has 3 heterocycles. The zero-order chi connectivity index (χ0) is 19.5. The molecule has 7 nitrogen and oxygen atoms in total. The summed E-state index contributed by atoms with van der Waals surface area (Å²) in [5, 5.41) is 3.40. The average molecular weight is 397 g/mol. The predicted molar refractivity (Wildman–Crippen MR) is 106 cm³/mol. The topological polar surface area (TPSA) is 82.6 Å². The van der Waals surface area contributed by atoms with Crippen molar-refractivity contribution in [2.75, 3.05) is 18.7 Å². The number of nitrogens with zero attached hydrogens (tertiary/aromatic N) is 2. The third-order valence-corrected chi connectivity index (χ3v) is 5.28. The van der Waals surface area contributed by atoms with Crippen LogP contribution in [0.25, 0.3) is 0 Å². The van der Waals surface area contributed by atoms with Crippen molar-refractivity contribution in [3.63, 3.8) is 0 Å². The Kier molecular flexibility index (Phi) is 5.12. The highest BCUT2D eigenvalue weighted by Gasteiger charge is 2.18. The van der Waals surface area contributed by atoms with Gasteiger partial charge in [0.1, 0.15) is 5.56 Å². The van der Waals surface area contributed by atoms with Crippen LogP contribution < -0.4 is 19.5 Å². The van der Waals surface area contributed by atoms with E-state index in [1.807, 2.05) is 32.0 Å². The molecule has 0 bridgehead atoms. The molecule has 1 amide bonds. The van der Waals surface area contributed by atoms with Gasteiger partial charge in [-0.1, -0.05) is 6.07 Å². The van der Waals surface area contributed by atoms with Gasteiger partial charge in [-0.25, -0.2) is 9.97 Å². The number of aryl methyl sites for hydroxylation is 1. The van der Waals surface area contributed by atoms with Crippen LogP contribution in [0.5, 0.6) is 17.4 Å². The third-order valence-electron chi connectivity index (χ3n) is 4.21. The molecule has 0 saturated heterocycles. The molecule has 1 aliphatic rings. The molecule has 0 fully saturated rings. The summed E-state index contributed by atoms with van der Waals surface area (Å²) in [6, 6.07) is 9.28. The number of fused-ring (bicyclic) bond motifs is 1. The molecule has 8 heteroatoms. The van der Waals surface area contributed by atoms with E-state index in [-0.39, 0.29) is 12.7 Å². The number of hydrogen-bond donors (Lipinski definition) is 1. The van der Waals surface area contributed by atoms with Crippen molar-refractivity contribution in [3.05, 3.63) is 58.2 Å². The second-order valence-corrected chi connectivity index (χ2v) is 7.22. The van der Waals surface area contributed by atoms with Crippen LogP contribution in [0.15, 0.2) is 36.5 Å². The lowest BCUT2D eigenvalue weighted by atomic mass is 10.1. The normalized spacial score (nSPS) is 12.1. The summed E-state index contributed by atoms with van der Waals surface area (Å²) in [6.45, 7) is 4.48. The lowest BCUT2D eigenvalue weighted by Gasteiger charge is -2.07. The Morgan fingerprint density at radius 1 is 1.29 bits per heavy atom. The van der Waals surface area contributed by atoms with Gasteiger partial charge in [0.05, 0.1) is 12.3 Å². The largest absolute Gasteiger partial charge is 0.477 e. The van der Waals surface area contributed by atoms with E-state index in [1.54, 1.807) is 18.3 Å². The molecule has 2 aromatic heterocycles. The molecule has 0 aliphatic carbocycles. The number of hydrogen-bond acceptors (Lipinski definition) is 7. The van der Waals surface area contributed by atoms with Gasteiger partial charge in [-0.05, 0) is 43.7 Å². The van der Waals surface area contributed by atoms with Crippen molar-refractivity contribution in [3.8, 4) is 17.4 Å². The van der Waals surface area contributed by atoms with E-state index < -0.39 is 0 Å². The maximum atomic E-state index is 12.6. The first-order chi connectivity index (χ1) is 13.6. The number of benzene rings is 1. The van der Waals surface area contributed by atoms with Gasteiger partial charge in [0.25, 0.3) is 5.91 Å². The van der Waals surface area contributed by atoms with Crippen molar-refractivity contribution in [1.82, 2.24) is 9.97 Å². The lowest BCUT2D eigenvalue weighted by molar-refractivity contribution is 0.102. The van der Waals surface area contributed by atoms with E-state index in [9.17, 15) is 4.79 Å². The molecule has 1 aromatic carbocycles. The highest BCUT2D eigenvalue weighted by Crippen LogP contribution is 2.34. The van der Waals surface area contributed by atoms with Gasteiger partial charge in [0.15, 0.2) is 16.6 Å². The molecule has 0 radical (unpaired) electrons. The summed E-state index contributed by atoms with van der Waals surface area (Å²) in [5.41, 5.74) is 2.36. The second-order valence-electron chi connectivity index (χ2n) is 6.14. The first-order valence-electron chi connectivity index (χ1n) is 8.88. The Balaban J connectivity index is 1.49. The van der Waals surface area contributed by atoms with Crippen molar-refractivity contribution in [2.24, 2.45) is 0 Å². The SMILES string of the molecule is CCOc1ncccc1C(=O)Nc1nc(C)c(Cc2ccc3c(c2)OCO3)s1. The molecule has 0 atom stereocenters. The van der Waals surface area contributed by atoms with E-state index in [1.165, 1.54) is 11.3 Å². The lowest BCUT2D eigenvalue weighted by Crippen LogP contribution is -2.14. The molecular formula is C20H19N3O4S. The van der Waals surface area contributed by atoms with Gasteiger partial charge in [-0.15, -0.1) is 11.3 Å². The highest BCUT2D eigenvalue weighted by molar-refractivity contribution is 7.15. The Labute approximate surface area is 166 Å². The van der Waals surface area contributed by atoms with Gasteiger partial charge in [-0.2, -0.15) is 0 Å². The molecule has 0 unspecified atom stereocenters. The standard InChI is InChI=1S/C20H19N3O4S/c1-3-25-19-14(5-4-8-21-19)18(24)23-20-22-12(2)17(28-20)10-13-6-7-15-16(9-13)27-11-26-15/h4-9H,3,10-11H2,1-2H3,(H,22,23,24). The Hall–Kier alpha value is -3.13. The van der Waals surface area contributed by atoms with E-state index in [2.05, 4.69) is 15.3 Å². The molecule has 28 heavy (non-hydrogen) atoms. The number of pyridine rings is 1. The Morgan fingerprint density at radius 2 is 2.14 bits per heavy atom. The fraction of sp³-hybridized carbons (Fsp3) is 0.250. The third kappa shape index (κ3) is 3.77. The van der Waals surface area contributed by atoms with E-state index >= 15 is 0 Å². The smallest absolute Gasteiger partial charge is 0.262 e. The molecule has 0 saturated carbocycles. The fourth-order valence-corrected chi connectivity index (χ4v) is 3.85. The second kappa shape index (κ2) is 7.85. The Morgan fingerprint density at radius 3 is 3.00 bits per heavy atom. The van der Waals surface area contributed by atoms with Crippen LogP contribution in [-0.4, -0.2) is 29.3 Å². The van der Waals surface area contributed by atoms with Crippen LogP contribution in [0.3, 0.4) is 0 Å². The number of anilines is 1. The van der Waals surface area contributed by atoms with Crippen molar-refractivity contribution in [1.29, 1.82) is 0 Å². The fourth-order valence-electron chi connectivity index (χ4n) is 2.86. The van der Waals surface area contributed by atoms with Crippen molar-refractivity contribution < 1.29 is 19.0 Å².